The van der Waals surface area contributed by atoms with E-state index in [0.717, 1.165) is 23.8 Å². The van der Waals surface area contributed by atoms with Crippen molar-refractivity contribution in [3.05, 3.63) is 70.0 Å². The molecule has 0 aromatic heterocycles. The van der Waals surface area contributed by atoms with Crippen LogP contribution in [0, 0.1) is 18.7 Å². The predicted octanol–water partition coefficient (Wildman–Crippen LogP) is 4.53. The minimum Gasteiger partial charge on any atom is -0.400 e. The van der Waals surface area contributed by atoms with Crippen LogP contribution in [0.25, 0.3) is 0 Å². The van der Waals surface area contributed by atoms with Gasteiger partial charge in [0.25, 0.3) is 0 Å². The van der Waals surface area contributed by atoms with E-state index in [0.29, 0.717) is 24.3 Å². The zero-order valence-electron chi connectivity index (χ0n) is 15.6. The average Bonchev–Trinajstić information content (AvgIpc) is 2.68. The molecule has 3 atom stereocenters. The zero-order valence-corrected chi connectivity index (χ0v) is 16.4. The lowest BCUT2D eigenvalue weighted by atomic mass is 9.94. The molecule has 0 radical (unpaired) electrons. The Balaban J connectivity index is 0.000000855. The maximum atomic E-state index is 13.0. The summed E-state index contributed by atoms with van der Waals surface area (Å²) in [5.74, 6) is -0.243. The molecule has 27 heavy (non-hydrogen) atoms. The molecule has 0 bridgehead atoms. The molecule has 3 rings (SSSR count). The fourth-order valence-electron chi connectivity index (χ4n) is 3.09. The number of hydrogen-bond acceptors (Lipinski definition) is 3. The molecule has 0 aliphatic carbocycles. The van der Waals surface area contributed by atoms with Gasteiger partial charge >= 0.3 is 0 Å². The van der Waals surface area contributed by atoms with Crippen molar-refractivity contribution >= 4 is 11.6 Å². The van der Waals surface area contributed by atoms with Gasteiger partial charge in [0.15, 0.2) is 0 Å². The Morgan fingerprint density at radius 3 is 2.33 bits per heavy atom. The van der Waals surface area contributed by atoms with Crippen LogP contribution in [0.5, 0.6) is 0 Å². The van der Waals surface area contributed by atoms with E-state index in [1.54, 1.807) is 12.1 Å². The van der Waals surface area contributed by atoms with Gasteiger partial charge in [0.1, 0.15) is 5.82 Å². The Hall–Kier alpha value is -1.90. The highest BCUT2D eigenvalue weighted by Gasteiger charge is 2.27. The van der Waals surface area contributed by atoms with Gasteiger partial charge in [0.2, 0.25) is 0 Å². The van der Waals surface area contributed by atoms with Gasteiger partial charge in [-0.25, -0.2) is 4.39 Å². The Kier molecular flexibility index (Phi) is 10.1. The van der Waals surface area contributed by atoms with Crippen LogP contribution in [0.4, 0.5) is 4.39 Å². The van der Waals surface area contributed by atoms with E-state index >= 15 is 0 Å². The summed E-state index contributed by atoms with van der Waals surface area (Å²) in [6, 6.07) is 12.3. The first kappa shape index (κ1) is 23.1. The third-order valence-corrected chi connectivity index (χ3v) is 4.60. The van der Waals surface area contributed by atoms with Gasteiger partial charge in [-0.2, -0.15) is 0 Å². The highest BCUT2D eigenvalue weighted by molar-refractivity contribution is 6.31. The lowest BCUT2D eigenvalue weighted by Gasteiger charge is -2.31. The molecule has 1 fully saturated rings. The van der Waals surface area contributed by atoms with Crippen LogP contribution in [0.15, 0.2) is 42.5 Å². The molecule has 3 nitrogen and oxygen atoms in total. The van der Waals surface area contributed by atoms with Crippen LogP contribution in [0.1, 0.15) is 42.6 Å². The minimum absolute atomic E-state index is 0.0416. The maximum Gasteiger partial charge on any atom is 0.123 e. The van der Waals surface area contributed by atoms with E-state index in [2.05, 4.69) is 12.8 Å². The van der Waals surface area contributed by atoms with E-state index in [4.69, 9.17) is 21.4 Å². The van der Waals surface area contributed by atoms with E-state index in [-0.39, 0.29) is 24.1 Å². The first-order valence-electron chi connectivity index (χ1n) is 8.65. The van der Waals surface area contributed by atoms with Crippen LogP contribution < -0.4 is 0 Å². The number of hydrogen-bond donors (Lipinski definition) is 2. The van der Waals surface area contributed by atoms with Crippen molar-refractivity contribution in [3.63, 3.8) is 0 Å². The van der Waals surface area contributed by atoms with Crippen molar-refractivity contribution < 1.29 is 19.3 Å². The summed E-state index contributed by atoms with van der Waals surface area (Å²) in [7, 11) is 1.00. The lowest BCUT2D eigenvalue weighted by Crippen LogP contribution is -2.29. The van der Waals surface area contributed by atoms with E-state index in [9.17, 15) is 9.50 Å². The Morgan fingerprint density at radius 1 is 1.11 bits per heavy atom. The van der Waals surface area contributed by atoms with Crippen molar-refractivity contribution in [3.8, 4) is 12.8 Å². The maximum absolute atomic E-state index is 13.0. The Morgan fingerprint density at radius 2 is 1.74 bits per heavy atom. The molecule has 0 amide bonds. The number of aliphatic hydroxyl groups is 2. The summed E-state index contributed by atoms with van der Waals surface area (Å²) in [5, 5.41) is 17.6. The third kappa shape index (κ3) is 6.97. The van der Waals surface area contributed by atoms with Gasteiger partial charge in [0, 0.05) is 18.6 Å². The van der Waals surface area contributed by atoms with Crippen LogP contribution in [-0.2, 0) is 11.2 Å². The predicted molar refractivity (Wildman–Crippen MR) is 107 cm³/mol. The first-order valence-corrected chi connectivity index (χ1v) is 9.03. The molecule has 5 heteroatoms. The molecule has 1 heterocycles. The van der Waals surface area contributed by atoms with Gasteiger partial charge in [-0.15, -0.1) is 12.8 Å². The molecule has 2 aromatic rings. The highest BCUT2D eigenvalue weighted by atomic mass is 35.5. The number of rotatable bonds is 3. The van der Waals surface area contributed by atoms with Crippen LogP contribution in [-0.4, -0.2) is 29.5 Å². The third-order valence-electron chi connectivity index (χ3n) is 4.24. The lowest BCUT2D eigenvalue weighted by molar-refractivity contribution is -0.0895. The molecule has 0 unspecified atom stereocenters. The molecule has 146 valence electrons. The number of halogens is 2. The molecular weight excluding hydrogens is 367 g/mol. The largest absolute Gasteiger partial charge is 0.400 e. The Bertz CT molecular complexity index is 705. The highest BCUT2D eigenvalue weighted by Crippen LogP contribution is 2.33. The SMILES string of the molecule is C#C.CO.C[C@@H]1C[C@H](O)C[C@H](c2ccc(Cl)c(Cc3ccc(F)cc3)c2)O1. The van der Waals surface area contributed by atoms with Crippen LogP contribution in [0.3, 0.4) is 0 Å². The second-order valence-corrected chi connectivity index (χ2v) is 6.62. The minimum atomic E-state index is -0.333. The molecule has 0 spiro atoms. The number of benzene rings is 2. The van der Waals surface area contributed by atoms with Crippen LogP contribution >= 0.6 is 11.6 Å². The molecule has 2 N–H and O–H groups in total. The van der Waals surface area contributed by atoms with Crippen molar-refractivity contribution in [2.45, 2.75) is 44.5 Å². The Labute approximate surface area is 165 Å². The molecule has 1 saturated heterocycles. The fraction of sp³-hybridized carbons (Fsp3) is 0.364. The molecular formula is C22H26ClFO3. The van der Waals surface area contributed by atoms with Gasteiger partial charge in [0.05, 0.1) is 18.3 Å². The van der Waals surface area contributed by atoms with Crippen LogP contribution in [0.2, 0.25) is 5.02 Å². The summed E-state index contributed by atoms with van der Waals surface area (Å²) in [4.78, 5) is 0. The topological polar surface area (TPSA) is 49.7 Å². The average molecular weight is 393 g/mol. The van der Waals surface area contributed by atoms with Crippen molar-refractivity contribution in [1.82, 2.24) is 0 Å². The smallest absolute Gasteiger partial charge is 0.123 e. The first-order chi connectivity index (χ1) is 13.0. The molecule has 2 aromatic carbocycles. The standard InChI is InChI=1S/C19H20ClFO2.C2H2.CH4O/c1-12-8-17(22)11-19(23-12)14-4-7-18(20)15(10-14)9-13-2-5-16(21)6-3-13;2*1-2/h2-7,10,12,17,19,22H,8-9,11H2,1H3;1-2H;2H,1H3/t12-,17+,19-;;/m1../s1. The summed E-state index contributed by atoms with van der Waals surface area (Å²) in [6.45, 7) is 1.98. The number of aliphatic hydroxyl groups excluding tert-OH is 2. The second kappa shape index (κ2) is 11.7. The van der Waals surface area contributed by atoms with Crippen molar-refractivity contribution in [2.75, 3.05) is 7.11 Å². The zero-order chi connectivity index (χ0) is 20.4. The summed E-state index contributed by atoms with van der Waals surface area (Å²) < 4.78 is 19.0. The van der Waals surface area contributed by atoms with Gasteiger partial charge in [-0.05, 0) is 54.7 Å². The van der Waals surface area contributed by atoms with Crippen molar-refractivity contribution in [1.29, 1.82) is 0 Å². The monoisotopic (exact) mass is 392 g/mol. The van der Waals surface area contributed by atoms with Crippen molar-refractivity contribution in [2.24, 2.45) is 0 Å². The molecule has 1 aliphatic rings. The van der Waals surface area contributed by atoms with E-state index in [1.165, 1.54) is 12.1 Å². The van der Waals surface area contributed by atoms with E-state index < -0.39 is 0 Å². The normalized spacial score (nSPS) is 21.3. The fourth-order valence-corrected chi connectivity index (χ4v) is 3.27. The van der Waals surface area contributed by atoms with E-state index in [1.807, 2.05) is 25.1 Å². The summed E-state index contributed by atoms with van der Waals surface area (Å²) in [6.07, 6.45) is 9.50. The second-order valence-electron chi connectivity index (χ2n) is 6.21. The number of ether oxygens (including phenoxy) is 1. The summed E-state index contributed by atoms with van der Waals surface area (Å²) >= 11 is 6.31. The van der Waals surface area contributed by atoms with Gasteiger partial charge < -0.3 is 14.9 Å². The van der Waals surface area contributed by atoms with Gasteiger partial charge in [-0.1, -0.05) is 35.9 Å². The quantitative estimate of drug-likeness (QED) is 0.754. The number of terminal acetylenes is 1. The molecule has 1 aliphatic heterocycles. The summed E-state index contributed by atoms with van der Waals surface area (Å²) in [5.41, 5.74) is 3.01. The molecule has 0 saturated carbocycles. The van der Waals surface area contributed by atoms with Gasteiger partial charge in [-0.3, -0.25) is 0 Å².